The van der Waals surface area contributed by atoms with Gasteiger partial charge in [0.05, 0.1) is 13.2 Å². The molecule has 2 rings (SSSR count). The van der Waals surface area contributed by atoms with Crippen molar-refractivity contribution in [2.75, 3.05) is 20.3 Å². The van der Waals surface area contributed by atoms with Crippen molar-refractivity contribution in [3.05, 3.63) is 0 Å². The first-order valence-corrected chi connectivity index (χ1v) is 6.59. The number of rotatable bonds is 2. The number of ether oxygens (including phenoxy) is 2. The highest BCUT2D eigenvalue weighted by Gasteiger charge is 2.64. The van der Waals surface area contributed by atoms with E-state index in [4.69, 9.17) is 9.47 Å². The number of hydrogen-bond acceptors (Lipinski definition) is 3. The fourth-order valence-electron chi connectivity index (χ4n) is 2.72. The van der Waals surface area contributed by atoms with Crippen LogP contribution in [0.4, 0.5) is 22.0 Å². The van der Waals surface area contributed by atoms with Gasteiger partial charge in [0.2, 0.25) is 0 Å². The summed E-state index contributed by atoms with van der Waals surface area (Å²) in [5, 5.41) is 0. The first-order valence-electron chi connectivity index (χ1n) is 6.59. The molecular formula is C12H16F5NO3. The van der Waals surface area contributed by atoms with Gasteiger partial charge in [-0.15, -0.1) is 0 Å². The number of carbonyl (C=O) groups is 1. The second-order valence-corrected chi connectivity index (χ2v) is 5.33. The molecule has 0 bridgehead atoms. The molecule has 4 nitrogen and oxygen atoms in total. The zero-order chi connectivity index (χ0) is 15.9. The monoisotopic (exact) mass is 317 g/mol. The summed E-state index contributed by atoms with van der Waals surface area (Å²) >= 11 is 0. The maximum absolute atomic E-state index is 13.1. The lowest BCUT2D eigenvalue weighted by Gasteiger charge is -2.39. The summed E-state index contributed by atoms with van der Waals surface area (Å²) < 4.78 is 73.6. The van der Waals surface area contributed by atoms with Crippen LogP contribution in [0.3, 0.4) is 0 Å². The van der Waals surface area contributed by atoms with Crippen LogP contribution in [0, 0.1) is 0 Å². The SMILES string of the molecule is CN(C(=O)C(F)(F)C(F)(F)F)C1CCC2(CC1)OCCO2. The second-order valence-electron chi connectivity index (χ2n) is 5.33. The van der Waals surface area contributed by atoms with Gasteiger partial charge in [-0.2, -0.15) is 22.0 Å². The highest BCUT2D eigenvalue weighted by atomic mass is 19.4. The van der Waals surface area contributed by atoms with Gasteiger partial charge in [-0.25, -0.2) is 0 Å². The quantitative estimate of drug-likeness (QED) is 0.734. The van der Waals surface area contributed by atoms with Crippen LogP contribution >= 0.6 is 0 Å². The smallest absolute Gasteiger partial charge is 0.348 e. The minimum atomic E-state index is -5.88. The second kappa shape index (κ2) is 5.35. The van der Waals surface area contributed by atoms with E-state index in [0.717, 1.165) is 7.05 Å². The van der Waals surface area contributed by atoms with E-state index in [2.05, 4.69) is 0 Å². The lowest BCUT2D eigenvalue weighted by molar-refractivity contribution is -0.275. The van der Waals surface area contributed by atoms with E-state index in [1.807, 2.05) is 0 Å². The van der Waals surface area contributed by atoms with Gasteiger partial charge in [0, 0.05) is 25.9 Å². The molecule has 1 aliphatic carbocycles. The van der Waals surface area contributed by atoms with E-state index in [0.29, 0.717) is 31.0 Å². The third kappa shape index (κ3) is 2.98. The fourth-order valence-corrected chi connectivity index (χ4v) is 2.72. The average Bonchev–Trinajstić information content (AvgIpc) is 2.85. The normalized spacial score (nSPS) is 23.5. The van der Waals surface area contributed by atoms with E-state index in [1.165, 1.54) is 0 Å². The van der Waals surface area contributed by atoms with Crippen molar-refractivity contribution in [1.29, 1.82) is 0 Å². The highest BCUT2D eigenvalue weighted by molar-refractivity contribution is 5.84. The van der Waals surface area contributed by atoms with E-state index >= 15 is 0 Å². The van der Waals surface area contributed by atoms with Crippen molar-refractivity contribution < 1.29 is 36.2 Å². The average molecular weight is 317 g/mol. The first-order chi connectivity index (χ1) is 9.59. The van der Waals surface area contributed by atoms with Crippen LogP contribution in [0.15, 0.2) is 0 Å². The Morgan fingerprint density at radius 3 is 2.00 bits per heavy atom. The first kappa shape index (κ1) is 16.4. The Balaban J connectivity index is 1.98. The predicted molar refractivity (Wildman–Crippen MR) is 60.7 cm³/mol. The minimum absolute atomic E-state index is 0.260. The lowest BCUT2D eigenvalue weighted by atomic mass is 9.89. The van der Waals surface area contributed by atoms with Crippen molar-refractivity contribution in [2.45, 2.75) is 49.6 Å². The molecule has 9 heteroatoms. The highest BCUT2D eigenvalue weighted by Crippen LogP contribution is 2.40. The Morgan fingerprint density at radius 2 is 1.57 bits per heavy atom. The summed E-state index contributed by atoms with van der Waals surface area (Å²) in [6, 6.07) is -0.677. The molecule has 21 heavy (non-hydrogen) atoms. The van der Waals surface area contributed by atoms with Crippen LogP contribution in [-0.2, 0) is 14.3 Å². The van der Waals surface area contributed by atoms with Gasteiger partial charge in [-0.3, -0.25) is 4.79 Å². The van der Waals surface area contributed by atoms with Gasteiger partial charge in [-0.05, 0) is 12.8 Å². The summed E-state index contributed by atoms with van der Waals surface area (Å²) in [6.45, 7) is 0.872. The standard InChI is InChI=1S/C12H16F5NO3/c1-18(9(19)11(13,14)12(15,16)17)8-2-4-10(5-3-8)20-6-7-21-10/h8H,2-7H2,1H3. The molecule has 0 aromatic carbocycles. The number of nitrogens with zero attached hydrogens (tertiary/aromatic N) is 1. The predicted octanol–water partition coefficient (Wildman–Crippen LogP) is 2.33. The minimum Gasteiger partial charge on any atom is -0.348 e. The van der Waals surface area contributed by atoms with Crippen molar-refractivity contribution in [3.63, 3.8) is 0 Å². The summed E-state index contributed by atoms with van der Waals surface area (Å²) in [4.78, 5) is 11.9. The van der Waals surface area contributed by atoms with Crippen molar-refractivity contribution in [2.24, 2.45) is 0 Å². The van der Waals surface area contributed by atoms with Crippen molar-refractivity contribution >= 4 is 5.91 Å². The van der Waals surface area contributed by atoms with E-state index < -0.39 is 29.8 Å². The Hall–Kier alpha value is -0.960. The third-order valence-corrected chi connectivity index (χ3v) is 4.02. The molecule has 1 aliphatic heterocycles. The number of alkyl halides is 5. The zero-order valence-corrected chi connectivity index (χ0v) is 11.4. The molecule has 0 N–H and O–H groups in total. The molecule has 1 amide bonds. The summed E-state index contributed by atoms with van der Waals surface area (Å²) in [5.41, 5.74) is 0. The third-order valence-electron chi connectivity index (χ3n) is 4.02. The molecule has 0 atom stereocenters. The molecule has 1 heterocycles. The Labute approximate surface area is 118 Å². The zero-order valence-electron chi connectivity index (χ0n) is 11.4. The molecule has 1 spiro atoms. The maximum Gasteiger partial charge on any atom is 0.463 e. The van der Waals surface area contributed by atoms with Crippen LogP contribution < -0.4 is 0 Å². The maximum atomic E-state index is 13.1. The van der Waals surface area contributed by atoms with Crippen molar-refractivity contribution in [1.82, 2.24) is 4.90 Å². The van der Waals surface area contributed by atoms with E-state index in [1.54, 1.807) is 0 Å². The van der Waals surface area contributed by atoms with Crippen LogP contribution in [0.2, 0.25) is 0 Å². The Kier molecular flexibility index (Phi) is 4.18. The van der Waals surface area contributed by atoms with Gasteiger partial charge in [0.15, 0.2) is 5.79 Å². The van der Waals surface area contributed by atoms with E-state index in [-0.39, 0.29) is 12.8 Å². The lowest BCUT2D eigenvalue weighted by Crippen LogP contribution is -2.55. The molecule has 2 fully saturated rings. The number of halogens is 5. The topological polar surface area (TPSA) is 38.8 Å². The van der Waals surface area contributed by atoms with Gasteiger partial charge in [-0.1, -0.05) is 0 Å². The Morgan fingerprint density at radius 1 is 1.10 bits per heavy atom. The van der Waals surface area contributed by atoms with Crippen LogP contribution in [0.25, 0.3) is 0 Å². The number of carbonyl (C=O) groups excluding carboxylic acids is 1. The molecule has 1 saturated heterocycles. The molecule has 0 radical (unpaired) electrons. The molecule has 2 aliphatic rings. The summed E-state index contributed by atoms with van der Waals surface area (Å²) in [7, 11) is 0.973. The molecule has 122 valence electrons. The molecule has 0 aromatic rings. The largest absolute Gasteiger partial charge is 0.463 e. The molecule has 1 saturated carbocycles. The summed E-state index contributed by atoms with van der Waals surface area (Å²) in [5.74, 6) is -8.34. The number of amides is 1. The van der Waals surface area contributed by atoms with Gasteiger partial charge in [0.1, 0.15) is 0 Å². The van der Waals surface area contributed by atoms with Gasteiger partial charge < -0.3 is 14.4 Å². The molecular weight excluding hydrogens is 301 g/mol. The number of hydrogen-bond donors (Lipinski definition) is 0. The molecule has 0 aromatic heterocycles. The van der Waals surface area contributed by atoms with Crippen LogP contribution in [0.5, 0.6) is 0 Å². The van der Waals surface area contributed by atoms with Gasteiger partial charge >= 0.3 is 18.0 Å². The van der Waals surface area contributed by atoms with Crippen LogP contribution in [-0.4, -0.2) is 55.0 Å². The van der Waals surface area contributed by atoms with Crippen LogP contribution in [0.1, 0.15) is 25.7 Å². The van der Waals surface area contributed by atoms with Crippen molar-refractivity contribution in [3.8, 4) is 0 Å². The molecule has 0 unspecified atom stereocenters. The Bertz CT molecular complexity index is 396. The van der Waals surface area contributed by atoms with E-state index in [9.17, 15) is 26.7 Å². The van der Waals surface area contributed by atoms with Gasteiger partial charge in [0.25, 0.3) is 0 Å². The fraction of sp³-hybridized carbons (Fsp3) is 0.917. The summed E-state index contributed by atoms with van der Waals surface area (Å²) in [6.07, 6.45) is -4.63.